The fraction of sp³-hybridized carbons (Fsp3) is 0.250. The molecule has 3 N–H and O–H groups in total. The summed E-state index contributed by atoms with van der Waals surface area (Å²) in [6.45, 7) is 11.3. The van der Waals surface area contributed by atoms with Crippen LogP contribution in [0.15, 0.2) is 91.0 Å². The Morgan fingerprint density at radius 1 is 0.438 bits per heavy atom. The van der Waals surface area contributed by atoms with E-state index in [-0.39, 0.29) is 24.0 Å². The van der Waals surface area contributed by atoms with Gasteiger partial charge in [0.2, 0.25) is 0 Å². The van der Waals surface area contributed by atoms with Crippen molar-refractivity contribution in [2.45, 2.75) is 39.3 Å². The minimum Gasteiger partial charge on any atom is -2.00 e. The summed E-state index contributed by atoms with van der Waals surface area (Å²) in [6, 6.07) is 30.0. The molecule has 0 aromatic heterocycles. The molecular weight excluding hydrogens is 487 g/mol. The third kappa shape index (κ3) is 13.3. The van der Waals surface area contributed by atoms with E-state index >= 15 is 0 Å². The van der Waals surface area contributed by atoms with Crippen LogP contribution in [-0.4, -0.2) is 39.3 Å². The van der Waals surface area contributed by atoms with Gasteiger partial charge < -0.3 is 19.9 Å². The van der Waals surface area contributed by atoms with E-state index in [1.807, 2.05) is 130 Å². The molecule has 0 heterocycles. The van der Waals surface area contributed by atoms with Crippen LogP contribution < -0.4 is 15.6 Å². The summed E-state index contributed by atoms with van der Waals surface area (Å²) in [6.07, 6.45) is 0. The Balaban J connectivity index is 0. The number of rotatable bonds is 3. The standard InChI is InChI=1S/C18H16OSi.2C3H10OSi.O.V/c19-20(16-10-4-1-5-11-16,17-12-6-2-7-13-17)18-14-8-3-9-15-18;2*1-5(2,3)4;;/h1-15,19H;2*4H,1-3H3;;/q;;;-2;+2. The minimum atomic E-state index is -2.88. The van der Waals surface area contributed by atoms with Crippen LogP contribution in [0, 0.1) is 0 Å². The molecule has 8 heteroatoms. The molecule has 3 rings (SSSR count). The Labute approximate surface area is 208 Å². The van der Waals surface area contributed by atoms with Crippen molar-refractivity contribution in [3.63, 3.8) is 0 Å². The molecule has 0 aliphatic carbocycles. The van der Waals surface area contributed by atoms with Gasteiger partial charge in [0.25, 0.3) is 8.32 Å². The topological polar surface area (TPSA) is 89.2 Å². The second-order valence-corrected chi connectivity index (χ2v) is 21.0. The molecule has 32 heavy (non-hydrogen) atoms. The molecule has 3 aromatic carbocycles. The number of hydrogen-bond donors (Lipinski definition) is 3. The molecule has 0 bridgehead atoms. The van der Waals surface area contributed by atoms with Crippen molar-refractivity contribution in [2.24, 2.45) is 0 Å². The van der Waals surface area contributed by atoms with E-state index in [0.29, 0.717) is 0 Å². The first-order chi connectivity index (χ1) is 13.8. The van der Waals surface area contributed by atoms with Crippen LogP contribution in [0.25, 0.3) is 0 Å². The Hall–Kier alpha value is -1.26. The molecule has 4 nitrogen and oxygen atoms in total. The molecule has 0 saturated carbocycles. The van der Waals surface area contributed by atoms with Crippen molar-refractivity contribution < 1.29 is 38.4 Å². The minimum absolute atomic E-state index is 0. The van der Waals surface area contributed by atoms with Crippen molar-refractivity contribution >= 4 is 40.5 Å². The van der Waals surface area contributed by atoms with Gasteiger partial charge in [0, 0.05) is 0 Å². The number of hydrogen-bond acceptors (Lipinski definition) is 3. The van der Waals surface area contributed by atoms with E-state index in [1.54, 1.807) is 0 Å². The van der Waals surface area contributed by atoms with Crippen molar-refractivity contribution in [1.29, 1.82) is 0 Å². The van der Waals surface area contributed by atoms with E-state index < -0.39 is 25.0 Å². The molecule has 0 aliphatic heterocycles. The van der Waals surface area contributed by atoms with Crippen LogP contribution in [0.4, 0.5) is 0 Å². The first-order valence-corrected chi connectivity index (χ1v) is 19.0. The molecule has 173 valence electrons. The van der Waals surface area contributed by atoms with Gasteiger partial charge in [-0.25, -0.2) is 0 Å². The van der Waals surface area contributed by atoms with Gasteiger partial charge in [0.15, 0.2) is 16.6 Å². The van der Waals surface area contributed by atoms with Gasteiger partial charge in [0.05, 0.1) is 0 Å². The van der Waals surface area contributed by atoms with Gasteiger partial charge in [-0.3, -0.25) is 0 Å². The third-order valence-electron chi connectivity index (χ3n) is 3.57. The van der Waals surface area contributed by atoms with E-state index in [1.165, 1.54) is 0 Å². The molecule has 0 amide bonds. The van der Waals surface area contributed by atoms with Gasteiger partial charge in [-0.15, -0.1) is 0 Å². The molecule has 0 atom stereocenters. The predicted molar refractivity (Wildman–Crippen MR) is 138 cm³/mol. The maximum Gasteiger partial charge on any atom is 2.00 e. The molecule has 0 spiro atoms. The summed E-state index contributed by atoms with van der Waals surface area (Å²) in [5.41, 5.74) is 0. The van der Waals surface area contributed by atoms with E-state index in [2.05, 4.69) is 0 Å². The van der Waals surface area contributed by atoms with Crippen LogP contribution in [0.5, 0.6) is 0 Å². The maximum absolute atomic E-state index is 11.6. The molecule has 0 saturated heterocycles. The first-order valence-electron chi connectivity index (χ1n) is 10.2. The van der Waals surface area contributed by atoms with Crippen molar-refractivity contribution in [3.8, 4) is 0 Å². The molecular formula is C24H36O4Si3V. The van der Waals surface area contributed by atoms with Gasteiger partial charge in [-0.1, -0.05) is 91.0 Å². The zero-order valence-electron chi connectivity index (χ0n) is 19.9. The summed E-state index contributed by atoms with van der Waals surface area (Å²) in [4.78, 5) is 28.9. The van der Waals surface area contributed by atoms with Gasteiger partial charge in [-0.2, -0.15) is 0 Å². The average Bonchev–Trinajstić information content (AvgIpc) is 2.67. The average molecular weight is 524 g/mol. The van der Waals surface area contributed by atoms with E-state index in [0.717, 1.165) is 15.6 Å². The van der Waals surface area contributed by atoms with Gasteiger partial charge >= 0.3 is 18.6 Å². The van der Waals surface area contributed by atoms with Crippen LogP contribution in [0.3, 0.4) is 0 Å². The SMILES string of the molecule is C[Si](C)(C)O.C[Si](C)(C)O.O[Si](c1ccccc1)(c1ccccc1)c1ccccc1.[O-2].[V+2]. The predicted octanol–water partition coefficient (Wildman–Crippen LogP) is 3.15. The largest absolute Gasteiger partial charge is 2.00 e. The second-order valence-electron chi connectivity index (χ2n) is 9.15. The van der Waals surface area contributed by atoms with Gasteiger partial charge in [0.1, 0.15) is 0 Å². The van der Waals surface area contributed by atoms with Crippen molar-refractivity contribution in [1.82, 2.24) is 0 Å². The summed E-state index contributed by atoms with van der Waals surface area (Å²) >= 11 is 0. The molecule has 0 aliphatic rings. The van der Waals surface area contributed by atoms with E-state index in [4.69, 9.17) is 9.59 Å². The second kappa shape index (κ2) is 14.8. The maximum atomic E-state index is 11.6. The Bertz CT molecular complexity index is 733. The Kier molecular flexibility index (Phi) is 15.2. The summed E-state index contributed by atoms with van der Waals surface area (Å²) in [5.74, 6) is 0. The van der Waals surface area contributed by atoms with Gasteiger partial charge in [-0.05, 0) is 54.8 Å². The monoisotopic (exact) mass is 523 g/mol. The normalized spacial score (nSPS) is 10.8. The fourth-order valence-electron chi connectivity index (χ4n) is 2.54. The van der Waals surface area contributed by atoms with Crippen LogP contribution in [-0.2, 0) is 24.0 Å². The molecule has 0 unspecified atom stereocenters. The van der Waals surface area contributed by atoms with Crippen LogP contribution >= 0.6 is 0 Å². The van der Waals surface area contributed by atoms with E-state index in [9.17, 15) is 4.80 Å². The zero-order chi connectivity index (χ0) is 22.8. The summed E-state index contributed by atoms with van der Waals surface area (Å²) in [5, 5.41) is 3.03. The Morgan fingerprint density at radius 2 is 0.594 bits per heavy atom. The quantitative estimate of drug-likeness (QED) is 0.364. The van der Waals surface area contributed by atoms with Crippen LogP contribution in [0.1, 0.15) is 0 Å². The number of benzene rings is 3. The third-order valence-corrected chi connectivity index (χ3v) is 7.08. The summed E-state index contributed by atoms with van der Waals surface area (Å²) in [7, 11) is -6.10. The van der Waals surface area contributed by atoms with Crippen molar-refractivity contribution in [3.05, 3.63) is 91.0 Å². The Morgan fingerprint density at radius 3 is 0.750 bits per heavy atom. The molecule has 3 aromatic rings. The first kappa shape index (κ1) is 32.9. The van der Waals surface area contributed by atoms with Crippen molar-refractivity contribution in [2.75, 3.05) is 0 Å². The molecule has 0 fully saturated rings. The zero-order valence-corrected chi connectivity index (χ0v) is 24.3. The molecule has 1 radical (unpaired) electrons. The smallest absolute Gasteiger partial charge is 2.00 e. The fourth-order valence-corrected chi connectivity index (χ4v) is 5.56. The summed E-state index contributed by atoms with van der Waals surface area (Å²) < 4.78 is 0. The van der Waals surface area contributed by atoms with Crippen LogP contribution in [0.2, 0.25) is 39.3 Å².